The van der Waals surface area contributed by atoms with Gasteiger partial charge in [-0.2, -0.15) is 0 Å². The van der Waals surface area contributed by atoms with Gasteiger partial charge in [-0.15, -0.1) is 0 Å². The molecule has 0 radical (unpaired) electrons. The molecule has 1 aliphatic heterocycles. The molecule has 4 rings (SSSR count). The second kappa shape index (κ2) is 7.66. The number of piperidine rings is 1. The summed E-state index contributed by atoms with van der Waals surface area (Å²) in [5.41, 5.74) is 2.46. The van der Waals surface area contributed by atoms with Crippen LogP contribution in [0.4, 0.5) is 4.39 Å². The van der Waals surface area contributed by atoms with E-state index in [1.165, 1.54) is 12.1 Å². The number of hydrogen-bond donors (Lipinski definition) is 0. The largest absolute Gasteiger partial charge is 0.338 e. The highest BCUT2D eigenvalue weighted by Crippen LogP contribution is 2.27. The van der Waals surface area contributed by atoms with Gasteiger partial charge in [-0.25, -0.2) is 14.4 Å². The van der Waals surface area contributed by atoms with E-state index in [0.29, 0.717) is 24.5 Å². The first-order valence-corrected chi connectivity index (χ1v) is 9.14. The molecule has 3 aromatic rings. The van der Waals surface area contributed by atoms with Crippen LogP contribution in [0.15, 0.2) is 66.9 Å². The van der Waals surface area contributed by atoms with Gasteiger partial charge in [0.2, 0.25) is 0 Å². The summed E-state index contributed by atoms with van der Waals surface area (Å²) >= 11 is 0. The number of hydrogen-bond acceptors (Lipinski definition) is 3. The maximum absolute atomic E-state index is 13.1. The maximum atomic E-state index is 13.1. The highest BCUT2D eigenvalue weighted by molar-refractivity contribution is 5.94. The predicted octanol–water partition coefficient (Wildman–Crippen LogP) is 4.30. The van der Waals surface area contributed by atoms with Gasteiger partial charge >= 0.3 is 0 Å². The van der Waals surface area contributed by atoms with Gasteiger partial charge in [0.1, 0.15) is 5.82 Å². The molecule has 1 amide bonds. The zero-order valence-electron chi connectivity index (χ0n) is 14.9. The molecule has 1 fully saturated rings. The van der Waals surface area contributed by atoms with Crippen LogP contribution in [-0.4, -0.2) is 33.9 Å². The van der Waals surface area contributed by atoms with E-state index in [1.807, 2.05) is 41.3 Å². The summed E-state index contributed by atoms with van der Waals surface area (Å²) in [5.74, 6) is 0.484. The van der Waals surface area contributed by atoms with Gasteiger partial charge in [0.15, 0.2) is 5.82 Å². The third-order valence-electron chi connectivity index (χ3n) is 4.93. The van der Waals surface area contributed by atoms with Crippen LogP contribution < -0.4 is 0 Å². The number of benzene rings is 2. The number of carbonyl (C=O) groups excluding carboxylic acids is 1. The maximum Gasteiger partial charge on any atom is 0.253 e. The molecule has 0 spiro atoms. The molecule has 1 aliphatic rings. The number of nitrogens with zero attached hydrogens (tertiary/aromatic N) is 3. The van der Waals surface area contributed by atoms with Gasteiger partial charge in [0.05, 0.1) is 0 Å². The topological polar surface area (TPSA) is 46.1 Å². The summed E-state index contributed by atoms with van der Waals surface area (Å²) in [6.45, 7) is 1.32. The molecule has 5 heteroatoms. The highest BCUT2D eigenvalue weighted by Gasteiger charge is 2.26. The van der Waals surface area contributed by atoms with E-state index in [1.54, 1.807) is 18.3 Å². The standard InChI is InChI=1S/C22H20FN3O/c23-19-10-8-17(9-11-19)22(27)26-14-4-7-18(15-26)20-12-13-24-21(25-20)16-5-2-1-3-6-16/h1-3,5-6,8-13,18H,4,7,14-15H2/t18-/m1/s1. The van der Waals surface area contributed by atoms with Crippen LogP contribution in [0.25, 0.3) is 11.4 Å². The second-order valence-electron chi connectivity index (χ2n) is 6.77. The fraction of sp³-hybridized carbons (Fsp3) is 0.227. The van der Waals surface area contributed by atoms with Crippen LogP contribution in [0.2, 0.25) is 0 Å². The normalized spacial score (nSPS) is 16.9. The zero-order chi connectivity index (χ0) is 18.6. The fourth-order valence-electron chi connectivity index (χ4n) is 3.50. The van der Waals surface area contributed by atoms with Crippen molar-refractivity contribution in [3.8, 4) is 11.4 Å². The molecular formula is C22H20FN3O. The molecule has 1 saturated heterocycles. The molecule has 0 saturated carbocycles. The lowest BCUT2D eigenvalue weighted by Gasteiger charge is -2.32. The smallest absolute Gasteiger partial charge is 0.253 e. The Bertz CT molecular complexity index is 928. The zero-order valence-corrected chi connectivity index (χ0v) is 14.9. The second-order valence-corrected chi connectivity index (χ2v) is 6.77. The van der Waals surface area contributed by atoms with Crippen LogP contribution >= 0.6 is 0 Å². The molecule has 0 bridgehead atoms. The van der Waals surface area contributed by atoms with Crippen molar-refractivity contribution in [2.75, 3.05) is 13.1 Å². The van der Waals surface area contributed by atoms with Crippen molar-refractivity contribution >= 4 is 5.91 Å². The molecule has 0 N–H and O–H groups in total. The number of halogens is 1. The van der Waals surface area contributed by atoms with E-state index in [2.05, 4.69) is 4.98 Å². The van der Waals surface area contributed by atoms with Gasteiger partial charge in [-0.05, 0) is 43.2 Å². The van der Waals surface area contributed by atoms with Gasteiger partial charge in [0, 0.05) is 42.0 Å². The third kappa shape index (κ3) is 3.87. The lowest BCUT2D eigenvalue weighted by molar-refractivity contribution is 0.0706. The van der Waals surface area contributed by atoms with Crippen molar-refractivity contribution in [3.05, 3.63) is 83.9 Å². The first-order chi connectivity index (χ1) is 13.2. The van der Waals surface area contributed by atoms with Crippen LogP contribution in [0.1, 0.15) is 34.8 Å². The molecule has 1 atom stereocenters. The first-order valence-electron chi connectivity index (χ1n) is 9.14. The highest BCUT2D eigenvalue weighted by atomic mass is 19.1. The van der Waals surface area contributed by atoms with E-state index in [4.69, 9.17) is 4.98 Å². The number of carbonyl (C=O) groups is 1. The van der Waals surface area contributed by atoms with Crippen LogP contribution in [-0.2, 0) is 0 Å². The Morgan fingerprint density at radius 1 is 1.04 bits per heavy atom. The number of rotatable bonds is 3. The average molecular weight is 361 g/mol. The lowest BCUT2D eigenvalue weighted by Crippen LogP contribution is -2.39. The van der Waals surface area contributed by atoms with Crippen LogP contribution in [0.5, 0.6) is 0 Å². The van der Waals surface area contributed by atoms with E-state index in [0.717, 1.165) is 24.1 Å². The summed E-state index contributed by atoms with van der Waals surface area (Å²) < 4.78 is 13.1. The average Bonchev–Trinajstić information content (AvgIpc) is 2.75. The van der Waals surface area contributed by atoms with Gasteiger partial charge in [-0.1, -0.05) is 30.3 Å². The number of aromatic nitrogens is 2. The van der Waals surface area contributed by atoms with Crippen LogP contribution in [0.3, 0.4) is 0 Å². The third-order valence-corrected chi connectivity index (χ3v) is 4.93. The van der Waals surface area contributed by atoms with E-state index >= 15 is 0 Å². The molecule has 0 aliphatic carbocycles. The number of amides is 1. The predicted molar refractivity (Wildman–Crippen MR) is 102 cm³/mol. The van der Waals surface area contributed by atoms with E-state index < -0.39 is 0 Å². The summed E-state index contributed by atoms with van der Waals surface area (Å²) in [5, 5.41) is 0. The first kappa shape index (κ1) is 17.3. The van der Waals surface area contributed by atoms with Crippen LogP contribution in [0, 0.1) is 5.82 Å². The Labute approximate surface area is 157 Å². The molecular weight excluding hydrogens is 341 g/mol. The number of likely N-dealkylation sites (tertiary alicyclic amines) is 1. The van der Waals surface area contributed by atoms with Crippen molar-refractivity contribution in [1.29, 1.82) is 0 Å². The summed E-state index contributed by atoms with van der Waals surface area (Å²) in [7, 11) is 0. The molecule has 2 heterocycles. The van der Waals surface area contributed by atoms with Gasteiger partial charge in [0.25, 0.3) is 5.91 Å². The molecule has 2 aromatic carbocycles. The SMILES string of the molecule is O=C(c1ccc(F)cc1)N1CCC[C@@H](c2ccnc(-c3ccccc3)n2)C1. The lowest BCUT2D eigenvalue weighted by atomic mass is 9.94. The van der Waals surface area contributed by atoms with Gasteiger partial charge in [-0.3, -0.25) is 4.79 Å². The molecule has 4 nitrogen and oxygen atoms in total. The van der Waals surface area contributed by atoms with E-state index in [-0.39, 0.29) is 17.6 Å². The fourth-order valence-corrected chi connectivity index (χ4v) is 3.50. The molecule has 27 heavy (non-hydrogen) atoms. The van der Waals surface area contributed by atoms with Crippen molar-refractivity contribution < 1.29 is 9.18 Å². The Balaban J connectivity index is 1.53. The van der Waals surface area contributed by atoms with Gasteiger partial charge < -0.3 is 4.90 Å². The minimum Gasteiger partial charge on any atom is -0.338 e. The monoisotopic (exact) mass is 361 g/mol. The quantitative estimate of drug-likeness (QED) is 0.699. The van der Waals surface area contributed by atoms with Crippen molar-refractivity contribution in [2.45, 2.75) is 18.8 Å². The van der Waals surface area contributed by atoms with Crippen molar-refractivity contribution in [1.82, 2.24) is 14.9 Å². The van der Waals surface area contributed by atoms with E-state index in [9.17, 15) is 9.18 Å². The molecule has 1 aromatic heterocycles. The Kier molecular flexibility index (Phi) is 4.92. The Morgan fingerprint density at radius 3 is 2.59 bits per heavy atom. The minimum absolute atomic E-state index is 0.0583. The molecule has 0 unspecified atom stereocenters. The van der Waals surface area contributed by atoms with Crippen molar-refractivity contribution in [2.24, 2.45) is 0 Å². The summed E-state index contributed by atoms with van der Waals surface area (Å²) in [4.78, 5) is 23.7. The summed E-state index contributed by atoms with van der Waals surface area (Å²) in [6.07, 6.45) is 3.69. The molecule has 136 valence electrons. The van der Waals surface area contributed by atoms with Crippen molar-refractivity contribution in [3.63, 3.8) is 0 Å². The summed E-state index contributed by atoms with van der Waals surface area (Å²) in [6, 6.07) is 17.5. The minimum atomic E-state index is -0.336. The Morgan fingerprint density at radius 2 is 1.81 bits per heavy atom. The Hall–Kier alpha value is -3.08.